The Morgan fingerprint density at radius 1 is 1.53 bits per heavy atom. The zero-order chi connectivity index (χ0) is 13.8. The molecule has 2 N–H and O–H groups in total. The number of carbonyl (C=O) groups is 1. The second-order valence-corrected chi connectivity index (χ2v) is 5.25. The molecule has 4 nitrogen and oxygen atoms in total. The number of carboxylic acids is 1. The van der Waals surface area contributed by atoms with Gasteiger partial charge in [0, 0.05) is 11.6 Å². The van der Waals surface area contributed by atoms with Crippen LogP contribution in [0, 0.1) is 23.2 Å². The average molecular weight is 279 g/mol. The van der Waals surface area contributed by atoms with Gasteiger partial charge in [0.2, 0.25) is 0 Å². The van der Waals surface area contributed by atoms with E-state index < -0.39 is 5.97 Å². The lowest BCUT2D eigenvalue weighted by Crippen LogP contribution is -2.24. The third kappa shape index (κ3) is 3.18. The van der Waals surface area contributed by atoms with Crippen molar-refractivity contribution in [2.45, 2.75) is 19.3 Å². The molecule has 2 rings (SSSR count). The van der Waals surface area contributed by atoms with E-state index in [0.29, 0.717) is 22.8 Å². The van der Waals surface area contributed by atoms with Gasteiger partial charge in [0.05, 0.1) is 17.2 Å². The van der Waals surface area contributed by atoms with Crippen molar-refractivity contribution in [2.75, 3.05) is 11.9 Å². The summed E-state index contributed by atoms with van der Waals surface area (Å²) >= 11 is 5.90. The van der Waals surface area contributed by atoms with E-state index in [1.165, 1.54) is 0 Å². The SMILES string of the molecule is N#Cc1ccc(Cl)cc1NCC1CCCC1C(=O)O. The molecule has 1 aliphatic carbocycles. The fourth-order valence-electron chi connectivity index (χ4n) is 2.61. The number of carboxylic acid groups (broad SMARTS) is 1. The van der Waals surface area contributed by atoms with Crippen LogP contribution in [0.4, 0.5) is 5.69 Å². The Morgan fingerprint density at radius 3 is 3.00 bits per heavy atom. The first-order chi connectivity index (χ1) is 9.11. The maximum atomic E-state index is 11.1. The Balaban J connectivity index is 2.05. The summed E-state index contributed by atoms with van der Waals surface area (Å²) in [7, 11) is 0. The lowest BCUT2D eigenvalue weighted by atomic mass is 9.96. The molecule has 2 atom stereocenters. The summed E-state index contributed by atoms with van der Waals surface area (Å²) in [6.45, 7) is 0.561. The van der Waals surface area contributed by atoms with Crippen molar-refractivity contribution in [3.05, 3.63) is 28.8 Å². The standard InChI is InChI=1S/C14H15ClN2O2/c15-11-5-4-9(7-16)13(6-11)17-8-10-2-1-3-12(10)14(18)19/h4-6,10,12,17H,1-3,8H2,(H,18,19). The highest BCUT2D eigenvalue weighted by molar-refractivity contribution is 6.30. The highest BCUT2D eigenvalue weighted by Gasteiger charge is 2.32. The number of aliphatic carboxylic acids is 1. The van der Waals surface area contributed by atoms with E-state index in [1.807, 2.05) is 0 Å². The molecule has 0 amide bonds. The van der Waals surface area contributed by atoms with E-state index in [2.05, 4.69) is 11.4 Å². The molecule has 0 bridgehead atoms. The van der Waals surface area contributed by atoms with Crippen LogP contribution in [-0.2, 0) is 4.79 Å². The van der Waals surface area contributed by atoms with Gasteiger partial charge >= 0.3 is 5.97 Å². The monoisotopic (exact) mass is 278 g/mol. The highest BCUT2D eigenvalue weighted by atomic mass is 35.5. The average Bonchev–Trinajstić information content (AvgIpc) is 2.85. The molecule has 0 aliphatic heterocycles. The van der Waals surface area contributed by atoms with Crippen molar-refractivity contribution >= 4 is 23.3 Å². The minimum Gasteiger partial charge on any atom is -0.481 e. The number of nitrogens with zero attached hydrogens (tertiary/aromatic N) is 1. The fraction of sp³-hybridized carbons (Fsp3) is 0.429. The van der Waals surface area contributed by atoms with Crippen LogP contribution in [0.3, 0.4) is 0 Å². The first-order valence-corrected chi connectivity index (χ1v) is 6.66. The predicted molar refractivity (Wildman–Crippen MR) is 73.1 cm³/mol. The topological polar surface area (TPSA) is 73.1 Å². The normalized spacial score (nSPS) is 21.9. The van der Waals surface area contributed by atoms with Crippen molar-refractivity contribution in [1.29, 1.82) is 5.26 Å². The molecule has 0 spiro atoms. The van der Waals surface area contributed by atoms with Gasteiger partial charge in [0.15, 0.2) is 0 Å². The molecule has 1 saturated carbocycles. The van der Waals surface area contributed by atoms with Gasteiger partial charge in [0.25, 0.3) is 0 Å². The zero-order valence-electron chi connectivity index (χ0n) is 10.4. The summed E-state index contributed by atoms with van der Waals surface area (Å²) in [4.78, 5) is 11.1. The summed E-state index contributed by atoms with van der Waals surface area (Å²) in [5, 5.41) is 21.9. The number of rotatable bonds is 4. The molecular formula is C14H15ClN2O2. The Labute approximate surface area is 117 Å². The molecular weight excluding hydrogens is 264 g/mol. The molecule has 0 saturated heterocycles. The highest BCUT2D eigenvalue weighted by Crippen LogP contribution is 2.32. The second kappa shape index (κ2) is 5.94. The van der Waals surface area contributed by atoms with Crippen LogP contribution in [-0.4, -0.2) is 17.6 Å². The largest absolute Gasteiger partial charge is 0.481 e. The van der Waals surface area contributed by atoms with Crippen molar-refractivity contribution in [3.8, 4) is 6.07 Å². The minimum absolute atomic E-state index is 0.114. The van der Waals surface area contributed by atoms with Crippen LogP contribution in [0.25, 0.3) is 0 Å². The number of benzene rings is 1. The number of halogens is 1. The number of hydrogen-bond acceptors (Lipinski definition) is 3. The molecule has 0 radical (unpaired) electrons. The maximum absolute atomic E-state index is 11.1. The third-order valence-corrected chi connectivity index (χ3v) is 3.87. The second-order valence-electron chi connectivity index (χ2n) is 4.82. The van der Waals surface area contributed by atoms with Crippen molar-refractivity contribution < 1.29 is 9.90 Å². The van der Waals surface area contributed by atoms with Gasteiger partial charge in [-0.3, -0.25) is 4.79 Å². The number of anilines is 1. The lowest BCUT2D eigenvalue weighted by molar-refractivity contribution is -0.142. The van der Waals surface area contributed by atoms with E-state index >= 15 is 0 Å². The Bertz CT molecular complexity index is 525. The van der Waals surface area contributed by atoms with Crippen LogP contribution in [0.5, 0.6) is 0 Å². The molecule has 1 aromatic rings. The summed E-state index contributed by atoms with van der Waals surface area (Å²) in [5.41, 5.74) is 1.19. The Hall–Kier alpha value is -1.73. The Kier molecular flexibility index (Phi) is 4.28. The van der Waals surface area contributed by atoms with E-state index in [1.54, 1.807) is 18.2 Å². The zero-order valence-corrected chi connectivity index (χ0v) is 11.2. The molecule has 19 heavy (non-hydrogen) atoms. The molecule has 1 fully saturated rings. The summed E-state index contributed by atoms with van der Waals surface area (Å²) in [5.74, 6) is -0.892. The molecule has 0 aromatic heterocycles. The maximum Gasteiger partial charge on any atom is 0.306 e. The molecule has 100 valence electrons. The van der Waals surface area contributed by atoms with E-state index in [-0.39, 0.29) is 11.8 Å². The minimum atomic E-state index is -0.726. The number of nitrogens with one attached hydrogen (secondary N) is 1. The lowest BCUT2D eigenvalue weighted by Gasteiger charge is -2.17. The van der Waals surface area contributed by atoms with Gasteiger partial charge in [-0.2, -0.15) is 5.26 Å². The fourth-order valence-corrected chi connectivity index (χ4v) is 2.78. The molecule has 1 aliphatic rings. The van der Waals surface area contributed by atoms with Gasteiger partial charge in [-0.15, -0.1) is 0 Å². The molecule has 0 heterocycles. The van der Waals surface area contributed by atoms with E-state index in [9.17, 15) is 4.79 Å². The first-order valence-electron chi connectivity index (χ1n) is 6.28. The van der Waals surface area contributed by atoms with Gasteiger partial charge in [0.1, 0.15) is 6.07 Å². The van der Waals surface area contributed by atoms with Gasteiger partial charge < -0.3 is 10.4 Å². The van der Waals surface area contributed by atoms with Crippen LogP contribution in [0.2, 0.25) is 5.02 Å². The van der Waals surface area contributed by atoms with Crippen molar-refractivity contribution in [2.24, 2.45) is 11.8 Å². The predicted octanol–water partition coefficient (Wildman–Crippen LogP) is 3.12. The van der Waals surface area contributed by atoms with Crippen LogP contribution in [0.15, 0.2) is 18.2 Å². The van der Waals surface area contributed by atoms with Gasteiger partial charge in [-0.05, 0) is 37.0 Å². The molecule has 1 aromatic carbocycles. The van der Waals surface area contributed by atoms with Crippen LogP contribution >= 0.6 is 11.6 Å². The third-order valence-electron chi connectivity index (χ3n) is 3.63. The smallest absolute Gasteiger partial charge is 0.306 e. The Morgan fingerprint density at radius 2 is 2.32 bits per heavy atom. The van der Waals surface area contributed by atoms with E-state index in [4.69, 9.17) is 22.0 Å². The molecule has 5 heteroatoms. The quantitative estimate of drug-likeness (QED) is 0.887. The van der Waals surface area contributed by atoms with Crippen LogP contribution in [0.1, 0.15) is 24.8 Å². The number of hydrogen-bond donors (Lipinski definition) is 2. The van der Waals surface area contributed by atoms with Crippen LogP contribution < -0.4 is 5.32 Å². The van der Waals surface area contributed by atoms with Gasteiger partial charge in [-0.25, -0.2) is 0 Å². The number of nitriles is 1. The summed E-state index contributed by atoms with van der Waals surface area (Å²) < 4.78 is 0. The van der Waals surface area contributed by atoms with E-state index in [0.717, 1.165) is 19.3 Å². The van der Waals surface area contributed by atoms with Crippen molar-refractivity contribution in [1.82, 2.24) is 0 Å². The van der Waals surface area contributed by atoms with Crippen molar-refractivity contribution in [3.63, 3.8) is 0 Å². The van der Waals surface area contributed by atoms with Gasteiger partial charge in [-0.1, -0.05) is 18.0 Å². The molecule has 2 unspecified atom stereocenters. The summed E-state index contributed by atoms with van der Waals surface area (Å²) in [6.07, 6.45) is 2.60. The first kappa shape index (κ1) is 13.7. The summed E-state index contributed by atoms with van der Waals surface area (Å²) in [6, 6.07) is 7.12.